The second-order valence-electron chi connectivity index (χ2n) is 6.82. The van der Waals surface area contributed by atoms with Gasteiger partial charge >= 0.3 is 6.18 Å². The highest BCUT2D eigenvalue weighted by molar-refractivity contribution is 7.89. The summed E-state index contributed by atoms with van der Waals surface area (Å²) < 4.78 is 80.3. The lowest BCUT2D eigenvalue weighted by Crippen LogP contribution is -2.38. The second-order valence-corrected chi connectivity index (χ2v) is 8.59. The predicted octanol–water partition coefficient (Wildman–Crippen LogP) is 3.55. The van der Waals surface area contributed by atoms with Crippen LogP contribution in [0.2, 0.25) is 0 Å². The van der Waals surface area contributed by atoms with Crippen LogP contribution in [0.25, 0.3) is 0 Å². The van der Waals surface area contributed by atoms with Gasteiger partial charge in [-0.1, -0.05) is 18.2 Å². The van der Waals surface area contributed by atoms with Gasteiger partial charge in [-0.15, -0.1) is 0 Å². The molecule has 156 valence electrons. The Balaban J connectivity index is 1.80. The van der Waals surface area contributed by atoms with E-state index in [1.807, 2.05) is 5.32 Å². The maximum atomic E-state index is 13.4. The number of carbonyl (C=O) groups is 1. The molecule has 0 aliphatic heterocycles. The number of benzene rings is 2. The minimum absolute atomic E-state index is 0.212. The van der Waals surface area contributed by atoms with Crippen LogP contribution >= 0.6 is 0 Å². The van der Waals surface area contributed by atoms with Gasteiger partial charge in [-0.3, -0.25) is 4.79 Å². The molecule has 2 N–H and O–H groups in total. The number of rotatable bonds is 7. The Morgan fingerprint density at radius 2 is 1.76 bits per heavy atom. The summed E-state index contributed by atoms with van der Waals surface area (Å²) in [5.41, 5.74) is -0.585. The monoisotopic (exact) mass is 430 g/mol. The topological polar surface area (TPSA) is 75.3 Å². The van der Waals surface area contributed by atoms with Crippen molar-refractivity contribution < 1.29 is 30.8 Å². The van der Waals surface area contributed by atoms with Gasteiger partial charge < -0.3 is 5.32 Å². The van der Waals surface area contributed by atoms with E-state index in [1.54, 1.807) is 0 Å². The van der Waals surface area contributed by atoms with E-state index < -0.39 is 34.0 Å². The van der Waals surface area contributed by atoms with E-state index in [9.17, 15) is 30.8 Å². The largest absolute Gasteiger partial charge is 0.412 e. The van der Waals surface area contributed by atoms with Gasteiger partial charge in [0.1, 0.15) is 5.82 Å². The SMILES string of the molecule is O=C(NC(c1ccc(F)cc1)C(F)(F)F)c1cccc(S(=O)(=O)NCC2CC2)c1. The summed E-state index contributed by atoms with van der Waals surface area (Å²) in [5.74, 6) is -1.52. The van der Waals surface area contributed by atoms with Gasteiger partial charge in [0.05, 0.1) is 4.90 Å². The minimum atomic E-state index is -4.83. The van der Waals surface area contributed by atoms with Gasteiger partial charge in [0.25, 0.3) is 5.91 Å². The molecule has 5 nitrogen and oxygen atoms in total. The molecule has 2 aromatic rings. The highest BCUT2D eigenvalue weighted by Gasteiger charge is 2.42. The normalized spacial score (nSPS) is 15.7. The van der Waals surface area contributed by atoms with Crippen LogP contribution in [0.3, 0.4) is 0 Å². The van der Waals surface area contributed by atoms with Crippen LogP contribution in [0.15, 0.2) is 53.4 Å². The van der Waals surface area contributed by atoms with Crippen LogP contribution in [-0.2, 0) is 10.0 Å². The summed E-state index contributed by atoms with van der Waals surface area (Å²) in [7, 11) is -3.88. The molecule has 0 aromatic heterocycles. The van der Waals surface area contributed by atoms with E-state index in [1.165, 1.54) is 18.2 Å². The number of carbonyl (C=O) groups excluding carboxylic acids is 1. The first-order chi connectivity index (χ1) is 13.6. The summed E-state index contributed by atoms with van der Waals surface area (Å²) in [5, 5.41) is 1.85. The molecule has 2 aromatic carbocycles. The van der Waals surface area contributed by atoms with Crippen molar-refractivity contribution in [2.75, 3.05) is 6.54 Å². The van der Waals surface area contributed by atoms with Crippen molar-refractivity contribution in [3.63, 3.8) is 0 Å². The summed E-state index contributed by atoms with van der Waals surface area (Å²) in [6.07, 6.45) is -2.96. The molecule has 0 heterocycles. The second kappa shape index (κ2) is 8.11. The third kappa shape index (κ3) is 5.54. The van der Waals surface area contributed by atoms with Crippen LogP contribution in [0, 0.1) is 11.7 Å². The number of alkyl halides is 3. The first kappa shape index (κ1) is 21.3. The first-order valence-corrected chi connectivity index (χ1v) is 10.3. The maximum Gasteiger partial charge on any atom is 0.412 e. The third-order valence-corrected chi connectivity index (χ3v) is 5.89. The van der Waals surface area contributed by atoms with Crippen LogP contribution in [0.4, 0.5) is 17.6 Å². The Kier molecular flexibility index (Phi) is 5.95. The molecule has 0 spiro atoms. The molecule has 1 aliphatic rings. The van der Waals surface area contributed by atoms with Crippen molar-refractivity contribution in [2.24, 2.45) is 5.92 Å². The molecular weight excluding hydrogens is 412 g/mol. The fourth-order valence-electron chi connectivity index (χ4n) is 2.66. The molecule has 0 radical (unpaired) electrons. The lowest BCUT2D eigenvalue weighted by atomic mass is 10.1. The number of halogens is 4. The zero-order chi connectivity index (χ0) is 21.2. The number of amides is 1. The average Bonchev–Trinajstić information content (AvgIpc) is 3.49. The molecule has 1 aliphatic carbocycles. The number of hydrogen-bond donors (Lipinski definition) is 2. The Hall–Kier alpha value is -2.46. The average molecular weight is 430 g/mol. The highest BCUT2D eigenvalue weighted by Crippen LogP contribution is 2.33. The minimum Gasteiger partial charge on any atom is -0.337 e. The van der Waals surface area contributed by atoms with E-state index in [-0.39, 0.29) is 22.6 Å². The summed E-state index contributed by atoms with van der Waals surface area (Å²) in [6, 6.07) is 5.97. The van der Waals surface area contributed by atoms with Gasteiger partial charge in [0.2, 0.25) is 10.0 Å². The number of nitrogens with one attached hydrogen (secondary N) is 2. The van der Waals surface area contributed by atoms with Crippen LogP contribution < -0.4 is 10.0 Å². The van der Waals surface area contributed by atoms with Gasteiger partial charge in [-0.2, -0.15) is 13.2 Å². The van der Waals surface area contributed by atoms with Crippen LogP contribution in [0.1, 0.15) is 34.8 Å². The molecular formula is C19H18F4N2O3S. The lowest BCUT2D eigenvalue weighted by Gasteiger charge is -2.22. The van der Waals surface area contributed by atoms with Gasteiger partial charge in [-0.25, -0.2) is 17.5 Å². The van der Waals surface area contributed by atoms with Crippen LogP contribution in [0.5, 0.6) is 0 Å². The summed E-state index contributed by atoms with van der Waals surface area (Å²) >= 11 is 0. The number of sulfonamides is 1. The number of hydrogen-bond acceptors (Lipinski definition) is 3. The van der Waals surface area contributed by atoms with Crippen molar-refractivity contribution in [3.8, 4) is 0 Å². The molecule has 29 heavy (non-hydrogen) atoms. The highest BCUT2D eigenvalue weighted by atomic mass is 32.2. The molecule has 0 bridgehead atoms. The van der Waals surface area contributed by atoms with E-state index in [0.717, 1.165) is 43.2 Å². The van der Waals surface area contributed by atoms with E-state index in [4.69, 9.17) is 0 Å². The van der Waals surface area contributed by atoms with Gasteiger partial charge in [0, 0.05) is 12.1 Å². The van der Waals surface area contributed by atoms with Crippen molar-refractivity contribution in [2.45, 2.75) is 30.0 Å². The van der Waals surface area contributed by atoms with E-state index in [0.29, 0.717) is 5.92 Å². The van der Waals surface area contributed by atoms with Crippen molar-refractivity contribution >= 4 is 15.9 Å². The standard InChI is InChI=1S/C19H18F4N2O3S/c20-15-8-6-13(7-9-15)17(19(21,22)23)25-18(26)14-2-1-3-16(10-14)29(27,28)24-11-12-4-5-12/h1-3,6-10,12,17,24H,4-5,11H2,(H,25,26). The van der Waals surface area contributed by atoms with Crippen molar-refractivity contribution in [1.29, 1.82) is 0 Å². The molecule has 3 rings (SSSR count). The first-order valence-electron chi connectivity index (χ1n) is 8.79. The molecule has 1 unspecified atom stereocenters. The van der Waals surface area contributed by atoms with Crippen LogP contribution in [-0.4, -0.2) is 27.0 Å². The third-order valence-electron chi connectivity index (χ3n) is 4.47. The molecule has 0 saturated heterocycles. The summed E-state index contributed by atoms with van der Waals surface area (Å²) in [6.45, 7) is 0.277. The zero-order valence-electron chi connectivity index (χ0n) is 15.0. The van der Waals surface area contributed by atoms with Gasteiger partial charge in [-0.05, 0) is 54.7 Å². The predicted molar refractivity (Wildman–Crippen MR) is 97.0 cm³/mol. The molecule has 1 saturated carbocycles. The zero-order valence-corrected chi connectivity index (χ0v) is 15.9. The fraction of sp³-hybridized carbons (Fsp3) is 0.316. The van der Waals surface area contributed by atoms with E-state index >= 15 is 0 Å². The Bertz CT molecular complexity index is 987. The molecule has 1 fully saturated rings. The quantitative estimate of drug-likeness (QED) is 0.660. The molecule has 1 atom stereocenters. The fourth-order valence-corrected chi connectivity index (χ4v) is 3.82. The Morgan fingerprint density at radius 1 is 1.10 bits per heavy atom. The molecule has 10 heteroatoms. The lowest BCUT2D eigenvalue weighted by molar-refractivity contribution is -0.155. The van der Waals surface area contributed by atoms with Crippen molar-refractivity contribution in [1.82, 2.24) is 10.0 Å². The maximum absolute atomic E-state index is 13.4. The Labute approximate surface area is 165 Å². The smallest absolute Gasteiger partial charge is 0.337 e. The van der Waals surface area contributed by atoms with E-state index in [2.05, 4.69) is 4.72 Å². The van der Waals surface area contributed by atoms with Crippen molar-refractivity contribution in [3.05, 3.63) is 65.5 Å². The molecule has 1 amide bonds. The summed E-state index contributed by atoms with van der Waals surface area (Å²) in [4.78, 5) is 12.2. The van der Waals surface area contributed by atoms with Gasteiger partial charge in [0.15, 0.2) is 6.04 Å². The Morgan fingerprint density at radius 3 is 2.34 bits per heavy atom.